The number of rotatable bonds is 6. The lowest BCUT2D eigenvalue weighted by Crippen LogP contribution is -2.04. The molecule has 1 heterocycles. The minimum atomic E-state index is 0.596. The Labute approximate surface area is 117 Å². The number of hydrogen-bond acceptors (Lipinski definition) is 4. The maximum absolute atomic E-state index is 8.52. The number of aryl methyl sites for hydroxylation is 1. The van der Waals surface area contributed by atoms with Crippen molar-refractivity contribution in [1.82, 2.24) is 14.8 Å². The van der Waals surface area contributed by atoms with Crippen LogP contribution in [0.5, 0.6) is 0 Å². The molecule has 1 aromatic heterocycles. The van der Waals surface area contributed by atoms with Crippen molar-refractivity contribution in [2.24, 2.45) is 0 Å². The van der Waals surface area contributed by atoms with Crippen LogP contribution < -0.4 is 0 Å². The highest BCUT2D eigenvalue weighted by molar-refractivity contribution is 7.99. The molecule has 98 valence electrons. The van der Waals surface area contributed by atoms with E-state index in [0.29, 0.717) is 6.42 Å². The molecule has 2 aromatic rings. The standard InChI is InChI=1S/C14H16N4S/c1-12-16-17-14(19-10-6-5-9-15)18(12)11-13-7-3-2-4-8-13/h2-4,7-8H,5-6,10-11H2,1H3. The molecule has 0 aliphatic carbocycles. The number of nitriles is 1. The molecule has 0 saturated carbocycles. The number of aromatic nitrogens is 3. The SMILES string of the molecule is Cc1nnc(SCCCC#N)n1Cc1ccccc1. The molecule has 0 saturated heterocycles. The molecule has 0 aliphatic rings. The van der Waals surface area contributed by atoms with Gasteiger partial charge in [0, 0.05) is 12.2 Å². The molecule has 19 heavy (non-hydrogen) atoms. The van der Waals surface area contributed by atoms with E-state index < -0.39 is 0 Å². The second-order valence-electron chi connectivity index (χ2n) is 4.21. The molecular formula is C14H16N4S. The highest BCUT2D eigenvalue weighted by Crippen LogP contribution is 2.19. The quantitative estimate of drug-likeness (QED) is 0.599. The van der Waals surface area contributed by atoms with Gasteiger partial charge in [-0.3, -0.25) is 0 Å². The van der Waals surface area contributed by atoms with Crippen LogP contribution in [0.4, 0.5) is 0 Å². The summed E-state index contributed by atoms with van der Waals surface area (Å²) in [6, 6.07) is 12.4. The topological polar surface area (TPSA) is 54.5 Å². The van der Waals surface area contributed by atoms with Gasteiger partial charge in [0.25, 0.3) is 0 Å². The van der Waals surface area contributed by atoms with Crippen LogP contribution in [0.2, 0.25) is 0 Å². The fourth-order valence-electron chi connectivity index (χ4n) is 1.73. The fraction of sp³-hybridized carbons (Fsp3) is 0.357. The van der Waals surface area contributed by atoms with Crippen LogP contribution in [0.1, 0.15) is 24.2 Å². The fourth-order valence-corrected chi connectivity index (χ4v) is 2.65. The first-order chi connectivity index (χ1) is 9.31. The molecule has 2 rings (SSSR count). The Hall–Kier alpha value is -1.80. The van der Waals surface area contributed by atoms with E-state index in [1.54, 1.807) is 11.8 Å². The molecular weight excluding hydrogens is 256 g/mol. The minimum absolute atomic E-state index is 0.596. The molecule has 0 fully saturated rings. The molecule has 0 aliphatic heterocycles. The lowest BCUT2D eigenvalue weighted by Gasteiger charge is -2.08. The smallest absolute Gasteiger partial charge is 0.191 e. The summed E-state index contributed by atoms with van der Waals surface area (Å²) in [4.78, 5) is 0. The number of thioether (sulfide) groups is 1. The molecule has 0 bridgehead atoms. The molecule has 0 radical (unpaired) electrons. The van der Waals surface area contributed by atoms with E-state index in [9.17, 15) is 0 Å². The van der Waals surface area contributed by atoms with E-state index in [-0.39, 0.29) is 0 Å². The first-order valence-electron chi connectivity index (χ1n) is 6.24. The van der Waals surface area contributed by atoms with Gasteiger partial charge in [-0.1, -0.05) is 42.1 Å². The van der Waals surface area contributed by atoms with Gasteiger partial charge in [0.15, 0.2) is 5.16 Å². The van der Waals surface area contributed by atoms with Crippen LogP contribution in [-0.4, -0.2) is 20.5 Å². The third-order valence-electron chi connectivity index (χ3n) is 2.75. The third-order valence-corrected chi connectivity index (χ3v) is 3.80. The monoisotopic (exact) mass is 272 g/mol. The van der Waals surface area contributed by atoms with E-state index in [0.717, 1.165) is 29.7 Å². The zero-order valence-corrected chi connectivity index (χ0v) is 11.7. The van der Waals surface area contributed by atoms with Crippen LogP contribution in [0.3, 0.4) is 0 Å². The van der Waals surface area contributed by atoms with Crippen LogP contribution in [0, 0.1) is 18.3 Å². The Kier molecular flexibility index (Phi) is 4.99. The minimum Gasteiger partial charge on any atom is -0.302 e. The van der Waals surface area contributed by atoms with E-state index in [2.05, 4.69) is 33.0 Å². The van der Waals surface area contributed by atoms with Crippen molar-refractivity contribution in [2.45, 2.75) is 31.5 Å². The van der Waals surface area contributed by atoms with Gasteiger partial charge in [0.1, 0.15) is 5.82 Å². The summed E-state index contributed by atoms with van der Waals surface area (Å²) >= 11 is 1.67. The van der Waals surface area contributed by atoms with Crippen molar-refractivity contribution in [3.8, 4) is 6.07 Å². The van der Waals surface area contributed by atoms with Crippen LogP contribution in [0.25, 0.3) is 0 Å². The first kappa shape index (κ1) is 13.6. The molecule has 0 spiro atoms. The van der Waals surface area contributed by atoms with Gasteiger partial charge in [-0.2, -0.15) is 5.26 Å². The largest absolute Gasteiger partial charge is 0.302 e. The number of nitrogens with zero attached hydrogens (tertiary/aromatic N) is 4. The lowest BCUT2D eigenvalue weighted by atomic mass is 10.2. The Bertz CT molecular complexity index is 557. The van der Waals surface area contributed by atoms with Gasteiger partial charge in [-0.05, 0) is 18.9 Å². The van der Waals surface area contributed by atoms with E-state index in [4.69, 9.17) is 5.26 Å². The Morgan fingerprint density at radius 2 is 2.05 bits per heavy atom. The summed E-state index contributed by atoms with van der Waals surface area (Å²) in [7, 11) is 0. The van der Waals surface area contributed by atoms with Crippen LogP contribution >= 0.6 is 11.8 Å². The predicted octanol–water partition coefficient (Wildman–Crippen LogP) is 3.03. The summed E-state index contributed by atoms with van der Waals surface area (Å²) in [5.41, 5.74) is 1.24. The molecule has 0 atom stereocenters. The van der Waals surface area contributed by atoms with Gasteiger partial charge in [0.05, 0.1) is 12.6 Å². The molecule has 0 unspecified atom stereocenters. The summed E-state index contributed by atoms with van der Waals surface area (Å²) in [6.07, 6.45) is 1.48. The Morgan fingerprint density at radius 3 is 2.79 bits per heavy atom. The zero-order valence-electron chi connectivity index (χ0n) is 10.9. The van der Waals surface area contributed by atoms with Gasteiger partial charge >= 0.3 is 0 Å². The normalized spacial score (nSPS) is 10.3. The summed E-state index contributed by atoms with van der Waals surface area (Å²) in [5, 5.41) is 17.8. The van der Waals surface area contributed by atoms with Gasteiger partial charge in [-0.25, -0.2) is 0 Å². The lowest BCUT2D eigenvalue weighted by molar-refractivity contribution is 0.687. The second-order valence-corrected chi connectivity index (χ2v) is 5.27. The average molecular weight is 272 g/mol. The van der Waals surface area contributed by atoms with Crippen LogP contribution in [-0.2, 0) is 6.54 Å². The number of benzene rings is 1. The molecule has 0 amide bonds. The first-order valence-corrected chi connectivity index (χ1v) is 7.23. The maximum Gasteiger partial charge on any atom is 0.191 e. The van der Waals surface area contributed by atoms with E-state index in [1.807, 2.05) is 25.1 Å². The molecule has 5 heteroatoms. The summed E-state index contributed by atoms with van der Waals surface area (Å²) < 4.78 is 2.12. The van der Waals surface area contributed by atoms with Crippen molar-refractivity contribution in [1.29, 1.82) is 5.26 Å². The van der Waals surface area contributed by atoms with Crippen molar-refractivity contribution in [2.75, 3.05) is 5.75 Å². The van der Waals surface area contributed by atoms with Gasteiger partial charge in [0.2, 0.25) is 0 Å². The zero-order chi connectivity index (χ0) is 13.5. The Morgan fingerprint density at radius 1 is 1.26 bits per heavy atom. The van der Waals surface area contributed by atoms with Gasteiger partial charge in [-0.15, -0.1) is 10.2 Å². The molecule has 0 N–H and O–H groups in total. The third kappa shape index (κ3) is 3.83. The predicted molar refractivity (Wildman–Crippen MR) is 75.9 cm³/mol. The molecule has 4 nitrogen and oxygen atoms in total. The average Bonchev–Trinajstić information content (AvgIpc) is 2.78. The van der Waals surface area contributed by atoms with Crippen molar-refractivity contribution in [3.05, 3.63) is 41.7 Å². The number of unbranched alkanes of at least 4 members (excludes halogenated alkanes) is 1. The summed E-state index contributed by atoms with van der Waals surface area (Å²) in [5.74, 6) is 1.83. The van der Waals surface area contributed by atoms with Crippen molar-refractivity contribution >= 4 is 11.8 Å². The van der Waals surface area contributed by atoms with Crippen molar-refractivity contribution < 1.29 is 0 Å². The maximum atomic E-state index is 8.52. The highest BCUT2D eigenvalue weighted by atomic mass is 32.2. The highest BCUT2D eigenvalue weighted by Gasteiger charge is 2.09. The number of hydrogen-bond donors (Lipinski definition) is 0. The summed E-state index contributed by atoms with van der Waals surface area (Å²) in [6.45, 7) is 2.76. The molecule has 1 aromatic carbocycles. The second kappa shape index (κ2) is 6.95. The van der Waals surface area contributed by atoms with Crippen molar-refractivity contribution in [3.63, 3.8) is 0 Å². The van der Waals surface area contributed by atoms with Gasteiger partial charge < -0.3 is 4.57 Å². The van der Waals surface area contributed by atoms with E-state index in [1.165, 1.54) is 5.56 Å². The Balaban J connectivity index is 2.03. The van der Waals surface area contributed by atoms with Crippen LogP contribution in [0.15, 0.2) is 35.5 Å². The van der Waals surface area contributed by atoms with E-state index >= 15 is 0 Å².